The van der Waals surface area contributed by atoms with Crippen molar-refractivity contribution >= 4 is 67.7 Å². The van der Waals surface area contributed by atoms with E-state index in [2.05, 4.69) is 23.8 Å². The summed E-state index contributed by atoms with van der Waals surface area (Å²) in [6.07, 6.45) is 28.6. The van der Waals surface area contributed by atoms with Gasteiger partial charge in [0.2, 0.25) is 0 Å². The molecule has 2 saturated carbocycles. The second kappa shape index (κ2) is 44.1. The Balaban J connectivity index is 0.000000265. The minimum absolute atomic E-state index is 0.0650. The fourth-order valence-corrected chi connectivity index (χ4v) is 13.1. The molecular formula is C75H102N2O15S2. The first-order valence-corrected chi connectivity index (χ1v) is 35.0. The van der Waals surface area contributed by atoms with Gasteiger partial charge in [-0.25, -0.2) is 0 Å². The highest BCUT2D eigenvalue weighted by molar-refractivity contribution is 7.08. The zero-order valence-electron chi connectivity index (χ0n) is 55.2. The smallest absolute Gasteiger partial charge is 0.303 e. The summed E-state index contributed by atoms with van der Waals surface area (Å²) >= 11 is 3.21. The van der Waals surface area contributed by atoms with Crippen molar-refractivity contribution in [3.05, 3.63) is 186 Å². The number of unbranched alkanes of at least 4 members (excludes halogenated alkanes) is 6. The number of aromatic nitrogens is 2. The van der Waals surface area contributed by atoms with Crippen molar-refractivity contribution in [2.45, 2.75) is 205 Å². The highest BCUT2D eigenvalue weighted by atomic mass is 32.1. The lowest BCUT2D eigenvalue weighted by Crippen LogP contribution is -2.20. The molecule has 0 bridgehead atoms. The standard InChI is InChI=1S/2C20H34O5.2C17H15NO2S.CH4O/c2*1-2-3-6-9-15(21)12-13-17-16(18(22)14-19(17)23)10-7-4-5-8-11-20(24)25;2*1-11(14-5-7-21-10-14)16(19)9-12-2-3-15-13(8-12)4-6-18-17(15)20;1-2/h2*4,7,12-13,15-19,21-23H,2-3,5-6,8-11,14H2,1H3,(H,24,25);2*2-8,10-11H,9H2,1H3,(H,18,20);2H,1H3/b2*7-4-,13-12+;;;/t2*15-,16+,17+,18-,19+;;;/m00.../s1. The van der Waals surface area contributed by atoms with E-state index in [4.69, 9.17) is 15.3 Å². The van der Waals surface area contributed by atoms with E-state index in [1.54, 1.807) is 59.4 Å². The average molecular weight is 1340 g/mol. The van der Waals surface area contributed by atoms with Crippen LogP contribution >= 0.6 is 22.7 Å². The maximum absolute atomic E-state index is 12.4. The number of Topliss-reactive ketones (excluding diaryl/α,β-unsaturated/α-hetero) is 2. The minimum atomic E-state index is -0.787. The van der Waals surface area contributed by atoms with Crippen molar-refractivity contribution in [2.75, 3.05) is 7.11 Å². The molecule has 12 atom stereocenters. The van der Waals surface area contributed by atoms with Gasteiger partial charge >= 0.3 is 11.9 Å². The van der Waals surface area contributed by atoms with Crippen LogP contribution in [0.5, 0.6) is 0 Å². The first kappa shape index (κ1) is 79.7. The van der Waals surface area contributed by atoms with Crippen molar-refractivity contribution in [3.63, 3.8) is 0 Å². The fraction of sp³-hybridized carbons (Fsp3) is 0.493. The summed E-state index contributed by atoms with van der Waals surface area (Å²) in [6, 6.07) is 18.8. The molecule has 2 aromatic carbocycles. The number of carboxylic acids is 2. The molecule has 0 spiro atoms. The van der Waals surface area contributed by atoms with Crippen LogP contribution in [0.4, 0.5) is 0 Å². The summed E-state index contributed by atoms with van der Waals surface area (Å²) in [6.45, 7) is 8.13. The normalized spacial score (nSPS) is 20.6. The average Bonchev–Trinajstić information content (AvgIpc) is 1.09. The summed E-state index contributed by atoms with van der Waals surface area (Å²) in [5, 5.41) is 96.0. The second-order valence-corrected chi connectivity index (χ2v) is 26.0. The molecule has 19 heteroatoms. The van der Waals surface area contributed by atoms with Crippen LogP contribution in [-0.2, 0) is 32.0 Å². The lowest BCUT2D eigenvalue weighted by Gasteiger charge is -2.19. The number of aliphatic hydroxyl groups is 7. The van der Waals surface area contributed by atoms with Crippen LogP contribution in [0.3, 0.4) is 0 Å². The SMILES string of the molecule is CC(C(=O)Cc1ccc2c(=O)[nH]ccc2c1)c1ccsc1.CC(C(=O)Cc1ccc2c(=O)[nH]ccc2c1)c1ccsc1.CCCCC[C@H](O)/C=C/[C@@H]1[C@@H](C/C=C\CCCC(=O)O)[C@@H](O)C[C@H]1O.CCCCC[C@H](O)/C=C/[C@@H]1[C@@H](C/C=C\CCCC(=O)O)[C@@H](O)C[C@H]1O.CO. The molecule has 94 heavy (non-hydrogen) atoms. The Bertz CT molecular complexity index is 3180. The van der Waals surface area contributed by atoms with E-state index in [1.165, 1.54) is 0 Å². The molecule has 17 nitrogen and oxygen atoms in total. The van der Waals surface area contributed by atoms with Crippen LogP contribution in [0, 0.1) is 23.7 Å². The van der Waals surface area contributed by atoms with Crippen LogP contribution in [0.1, 0.15) is 177 Å². The number of allylic oxidation sites excluding steroid dienone is 4. The summed E-state index contributed by atoms with van der Waals surface area (Å²) in [5.74, 6) is -1.81. The molecule has 2 unspecified atom stereocenters. The monoisotopic (exact) mass is 1330 g/mol. The largest absolute Gasteiger partial charge is 0.481 e. The minimum Gasteiger partial charge on any atom is -0.481 e. The van der Waals surface area contributed by atoms with Gasteiger partial charge in [0.05, 0.1) is 36.6 Å². The Hall–Kier alpha value is -6.78. The van der Waals surface area contributed by atoms with Gasteiger partial charge in [-0.3, -0.25) is 28.8 Å². The van der Waals surface area contributed by atoms with Gasteiger partial charge in [0.15, 0.2) is 0 Å². The predicted octanol–water partition coefficient (Wildman–Crippen LogP) is 12.7. The summed E-state index contributed by atoms with van der Waals surface area (Å²) in [4.78, 5) is 74.2. The number of aromatic amines is 2. The van der Waals surface area contributed by atoms with Crippen LogP contribution < -0.4 is 11.1 Å². The van der Waals surface area contributed by atoms with E-state index >= 15 is 0 Å². The first-order chi connectivity index (χ1) is 45.2. The molecule has 0 aliphatic heterocycles. The van der Waals surface area contributed by atoms with Gasteiger partial charge in [-0.1, -0.05) is 139 Å². The summed E-state index contributed by atoms with van der Waals surface area (Å²) < 4.78 is 0. The first-order valence-electron chi connectivity index (χ1n) is 33.1. The third-order valence-electron chi connectivity index (χ3n) is 17.3. The zero-order chi connectivity index (χ0) is 69.0. The van der Waals surface area contributed by atoms with E-state index in [-0.39, 0.29) is 71.0 Å². The molecule has 0 saturated heterocycles. The number of aliphatic carboxylic acids is 2. The van der Waals surface area contributed by atoms with Gasteiger partial charge in [0, 0.05) is 92.5 Å². The number of benzene rings is 2. The molecule has 4 heterocycles. The van der Waals surface area contributed by atoms with Crippen LogP contribution in [0.25, 0.3) is 21.5 Å². The number of hydrogen-bond donors (Lipinski definition) is 11. The number of pyridine rings is 2. The van der Waals surface area contributed by atoms with E-state index in [9.17, 15) is 59.4 Å². The van der Waals surface area contributed by atoms with Gasteiger partial charge in [-0.2, -0.15) is 22.7 Å². The van der Waals surface area contributed by atoms with Gasteiger partial charge < -0.3 is 55.9 Å². The number of H-pyrrole nitrogens is 2. The summed E-state index contributed by atoms with van der Waals surface area (Å²) in [7, 11) is 1.00. The quantitative estimate of drug-likeness (QED) is 0.0138. The van der Waals surface area contributed by atoms with Crippen molar-refractivity contribution in [3.8, 4) is 0 Å². The molecular weight excluding hydrogens is 1230 g/mol. The van der Waals surface area contributed by atoms with Crippen LogP contribution in [0.2, 0.25) is 0 Å². The van der Waals surface area contributed by atoms with Crippen molar-refractivity contribution in [2.24, 2.45) is 23.7 Å². The van der Waals surface area contributed by atoms with Crippen LogP contribution in [-0.4, -0.2) is 123 Å². The van der Waals surface area contributed by atoms with E-state index < -0.39 is 48.6 Å². The zero-order valence-corrected chi connectivity index (χ0v) is 56.9. The molecule has 6 aromatic rings. The Morgan fingerprint density at radius 3 is 1.29 bits per heavy atom. The molecule has 2 fully saturated rings. The van der Waals surface area contributed by atoms with Crippen molar-refractivity contribution in [1.82, 2.24) is 9.97 Å². The lowest BCUT2D eigenvalue weighted by atomic mass is 9.89. The number of carbonyl (C=O) groups is 4. The third kappa shape index (κ3) is 27.9. The van der Waals surface area contributed by atoms with Crippen LogP contribution in [0.15, 0.2) is 153 Å². The molecule has 2 aliphatic carbocycles. The number of fused-ring (bicyclic) bond motifs is 2. The predicted molar refractivity (Wildman–Crippen MR) is 376 cm³/mol. The number of ketones is 2. The molecule has 0 radical (unpaired) electrons. The maximum Gasteiger partial charge on any atom is 0.303 e. The molecule has 2 aliphatic rings. The maximum atomic E-state index is 12.4. The van der Waals surface area contributed by atoms with E-state index in [0.29, 0.717) is 75.0 Å². The van der Waals surface area contributed by atoms with Crippen molar-refractivity contribution in [1.29, 1.82) is 0 Å². The Morgan fingerprint density at radius 1 is 0.543 bits per heavy atom. The number of carbonyl (C=O) groups excluding carboxylic acids is 2. The van der Waals surface area contributed by atoms with Gasteiger partial charge in [0.25, 0.3) is 11.1 Å². The fourth-order valence-electron chi connectivity index (χ4n) is 11.6. The van der Waals surface area contributed by atoms with E-state index in [1.807, 2.05) is 120 Å². The molecule has 8 rings (SSSR count). The topological polar surface area (TPSA) is 316 Å². The third-order valence-corrected chi connectivity index (χ3v) is 18.7. The number of carboxylic acid groups (broad SMARTS) is 2. The lowest BCUT2D eigenvalue weighted by molar-refractivity contribution is -0.138. The number of aliphatic hydroxyl groups excluding tert-OH is 7. The van der Waals surface area contributed by atoms with Gasteiger partial charge in [-0.15, -0.1) is 0 Å². The highest BCUT2D eigenvalue weighted by Crippen LogP contribution is 2.38. The highest BCUT2D eigenvalue weighted by Gasteiger charge is 2.40. The summed E-state index contributed by atoms with van der Waals surface area (Å²) in [5.41, 5.74) is 3.83. The molecule has 0 amide bonds. The molecule has 11 N–H and O–H groups in total. The molecule has 514 valence electrons. The number of rotatable bonds is 32. The van der Waals surface area contributed by atoms with E-state index in [0.717, 1.165) is 91.5 Å². The second-order valence-electron chi connectivity index (χ2n) is 24.4. The Kier molecular flexibility index (Phi) is 37.3. The number of hydrogen-bond acceptors (Lipinski definition) is 15. The number of nitrogens with one attached hydrogen (secondary N) is 2. The number of thiophene rings is 2. The Labute approximate surface area is 561 Å². The van der Waals surface area contributed by atoms with Gasteiger partial charge in [-0.05, 0) is 154 Å². The van der Waals surface area contributed by atoms with Crippen molar-refractivity contribution < 1.29 is 65.1 Å². The molecule has 4 aromatic heterocycles. The Morgan fingerprint density at radius 2 is 0.936 bits per heavy atom. The van der Waals surface area contributed by atoms with Gasteiger partial charge in [0.1, 0.15) is 11.6 Å².